The molecular weight excluding hydrogens is 226 g/mol. The van der Waals surface area contributed by atoms with Gasteiger partial charge in [0.15, 0.2) is 0 Å². The number of carbonyl (C=O) groups excluding carboxylic acids is 1. The van der Waals surface area contributed by atoms with E-state index in [1.165, 1.54) is 25.7 Å². The van der Waals surface area contributed by atoms with Gasteiger partial charge in [0.25, 0.3) is 0 Å². The van der Waals surface area contributed by atoms with Gasteiger partial charge < -0.3 is 11.1 Å². The third-order valence-electron chi connectivity index (χ3n) is 3.74. The monoisotopic (exact) mass is 255 g/mol. The highest BCUT2D eigenvalue weighted by Gasteiger charge is 2.29. The van der Waals surface area contributed by atoms with Crippen molar-refractivity contribution in [2.45, 2.75) is 58.5 Å². The van der Waals surface area contributed by atoms with Crippen molar-refractivity contribution in [3.8, 4) is 0 Å². The summed E-state index contributed by atoms with van der Waals surface area (Å²) < 4.78 is 0. The highest BCUT2D eigenvalue weighted by atomic mass is 16.2. The number of nitrogens with zero attached hydrogens (tertiary/aromatic N) is 1. The fraction of sp³-hybridized carbons (Fsp3) is 0.929. The zero-order valence-corrected chi connectivity index (χ0v) is 12.1. The summed E-state index contributed by atoms with van der Waals surface area (Å²) in [4.78, 5) is 14.4. The fourth-order valence-corrected chi connectivity index (χ4v) is 2.68. The number of nitrogens with one attached hydrogen (secondary N) is 1. The summed E-state index contributed by atoms with van der Waals surface area (Å²) in [6.45, 7) is 8.42. The van der Waals surface area contributed by atoms with Crippen LogP contribution in [0.25, 0.3) is 0 Å². The standard InChI is InChI=1S/C14H29N3O/c1-11(2)10-16-14(18)12(3)17(9-8-15)13-6-4-5-7-13/h11-13H,4-10,15H2,1-3H3,(H,16,18). The summed E-state index contributed by atoms with van der Waals surface area (Å²) in [6.07, 6.45) is 4.99. The topological polar surface area (TPSA) is 58.4 Å². The van der Waals surface area contributed by atoms with Crippen molar-refractivity contribution in [2.75, 3.05) is 19.6 Å². The summed E-state index contributed by atoms with van der Waals surface area (Å²) in [7, 11) is 0. The highest BCUT2D eigenvalue weighted by Crippen LogP contribution is 2.24. The van der Waals surface area contributed by atoms with E-state index in [0.717, 1.165) is 13.1 Å². The van der Waals surface area contributed by atoms with Crippen molar-refractivity contribution in [2.24, 2.45) is 11.7 Å². The Morgan fingerprint density at radius 1 is 1.33 bits per heavy atom. The van der Waals surface area contributed by atoms with Crippen LogP contribution in [0.15, 0.2) is 0 Å². The molecule has 0 radical (unpaired) electrons. The molecule has 106 valence electrons. The lowest BCUT2D eigenvalue weighted by Gasteiger charge is -2.33. The van der Waals surface area contributed by atoms with Crippen molar-refractivity contribution in [3.05, 3.63) is 0 Å². The van der Waals surface area contributed by atoms with Gasteiger partial charge >= 0.3 is 0 Å². The van der Waals surface area contributed by atoms with E-state index < -0.39 is 0 Å². The summed E-state index contributed by atoms with van der Waals surface area (Å²) in [6, 6.07) is 0.490. The smallest absolute Gasteiger partial charge is 0.237 e. The molecule has 1 aliphatic rings. The van der Waals surface area contributed by atoms with Gasteiger partial charge in [-0.15, -0.1) is 0 Å². The third-order valence-corrected chi connectivity index (χ3v) is 3.74. The predicted molar refractivity (Wildman–Crippen MR) is 75.3 cm³/mol. The summed E-state index contributed by atoms with van der Waals surface area (Å²) in [5.74, 6) is 0.639. The Bertz CT molecular complexity index is 249. The number of nitrogens with two attached hydrogens (primary N) is 1. The second kappa shape index (κ2) is 7.74. The summed E-state index contributed by atoms with van der Waals surface area (Å²) in [5.41, 5.74) is 5.68. The second-order valence-electron chi connectivity index (χ2n) is 5.78. The minimum Gasteiger partial charge on any atom is -0.354 e. The van der Waals surface area contributed by atoms with E-state index in [4.69, 9.17) is 5.73 Å². The maximum Gasteiger partial charge on any atom is 0.237 e. The van der Waals surface area contributed by atoms with Crippen molar-refractivity contribution in [1.82, 2.24) is 10.2 Å². The number of amides is 1. The van der Waals surface area contributed by atoms with Crippen LogP contribution < -0.4 is 11.1 Å². The lowest BCUT2D eigenvalue weighted by molar-refractivity contribution is -0.126. The molecular formula is C14H29N3O. The molecule has 1 fully saturated rings. The fourth-order valence-electron chi connectivity index (χ4n) is 2.68. The maximum absolute atomic E-state index is 12.1. The van der Waals surface area contributed by atoms with Crippen molar-refractivity contribution >= 4 is 5.91 Å². The first-order chi connectivity index (χ1) is 8.56. The van der Waals surface area contributed by atoms with Crippen LogP contribution in [0.2, 0.25) is 0 Å². The molecule has 0 bridgehead atoms. The van der Waals surface area contributed by atoms with Gasteiger partial charge in [-0.3, -0.25) is 9.69 Å². The van der Waals surface area contributed by atoms with Gasteiger partial charge in [0.2, 0.25) is 5.91 Å². The minimum atomic E-state index is -0.0598. The highest BCUT2D eigenvalue weighted by molar-refractivity contribution is 5.81. The molecule has 1 amide bonds. The molecule has 4 nitrogen and oxygen atoms in total. The molecule has 0 aromatic carbocycles. The van der Waals surface area contributed by atoms with Crippen molar-refractivity contribution < 1.29 is 4.79 Å². The first kappa shape index (κ1) is 15.4. The zero-order valence-electron chi connectivity index (χ0n) is 12.1. The number of rotatable bonds is 7. The Kier molecular flexibility index (Phi) is 6.65. The van der Waals surface area contributed by atoms with E-state index in [9.17, 15) is 4.79 Å². The Hall–Kier alpha value is -0.610. The maximum atomic E-state index is 12.1. The molecule has 1 saturated carbocycles. The number of hydrogen-bond donors (Lipinski definition) is 2. The molecule has 0 spiro atoms. The predicted octanol–water partition coefficient (Wildman–Crippen LogP) is 1.35. The average Bonchev–Trinajstić information content (AvgIpc) is 2.85. The molecule has 0 aliphatic heterocycles. The molecule has 1 aliphatic carbocycles. The van der Waals surface area contributed by atoms with Crippen LogP contribution in [0.4, 0.5) is 0 Å². The van der Waals surface area contributed by atoms with Crippen LogP contribution in [-0.2, 0) is 4.79 Å². The molecule has 0 aromatic rings. The van der Waals surface area contributed by atoms with Gasteiger partial charge in [0.05, 0.1) is 6.04 Å². The molecule has 1 atom stereocenters. The van der Waals surface area contributed by atoms with Crippen LogP contribution in [0.1, 0.15) is 46.5 Å². The zero-order chi connectivity index (χ0) is 13.5. The van der Waals surface area contributed by atoms with E-state index in [-0.39, 0.29) is 11.9 Å². The van der Waals surface area contributed by atoms with Gasteiger partial charge in [-0.25, -0.2) is 0 Å². The van der Waals surface area contributed by atoms with Gasteiger partial charge in [-0.2, -0.15) is 0 Å². The normalized spacial score (nSPS) is 18.6. The Balaban J connectivity index is 2.52. The molecule has 1 unspecified atom stereocenters. The van der Waals surface area contributed by atoms with E-state index in [1.807, 2.05) is 6.92 Å². The Morgan fingerprint density at radius 2 is 1.94 bits per heavy atom. The first-order valence-corrected chi connectivity index (χ1v) is 7.29. The molecule has 0 saturated heterocycles. The minimum absolute atomic E-state index is 0.0598. The Morgan fingerprint density at radius 3 is 2.44 bits per heavy atom. The van der Waals surface area contributed by atoms with Gasteiger partial charge in [0, 0.05) is 25.7 Å². The molecule has 4 heteroatoms. The lowest BCUT2D eigenvalue weighted by Crippen LogP contribution is -2.51. The van der Waals surface area contributed by atoms with E-state index in [0.29, 0.717) is 18.5 Å². The largest absolute Gasteiger partial charge is 0.354 e. The second-order valence-corrected chi connectivity index (χ2v) is 5.78. The van der Waals surface area contributed by atoms with E-state index in [1.54, 1.807) is 0 Å². The molecule has 1 rings (SSSR count). The van der Waals surface area contributed by atoms with Gasteiger partial charge in [-0.1, -0.05) is 26.7 Å². The van der Waals surface area contributed by atoms with Crippen molar-refractivity contribution in [1.29, 1.82) is 0 Å². The van der Waals surface area contributed by atoms with Crippen LogP contribution in [0.5, 0.6) is 0 Å². The van der Waals surface area contributed by atoms with Crippen LogP contribution in [-0.4, -0.2) is 42.5 Å². The first-order valence-electron chi connectivity index (χ1n) is 7.29. The quantitative estimate of drug-likeness (QED) is 0.722. The van der Waals surface area contributed by atoms with Gasteiger partial charge in [-0.05, 0) is 25.7 Å². The molecule has 3 N–H and O–H groups in total. The number of carbonyl (C=O) groups is 1. The van der Waals surface area contributed by atoms with Gasteiger partial charge in [0.1, 0.15) is 0 Å². The lowest BCUT2D eigenvalue weighted by atomic mass is 10.1. The summed E-state index contributed by atoms with van der Waals surface area (Å²) >= 11 is 0. The van der Waals surface area contributed by atoms with Crippen LogP contribution in [0.3, 0.4) is 0 Å². The third kappa shape index (κ3) is 4.58. The average molecular weight is 255 g/mol. The summed E-state index contributed by atoms with van der Waals surface area (Å²) in [5, 5.41) is 3.02. The molecule has 18 heavy (non-hydrogen) atoms. The van der Waals surface area contributed by atoms with Crippen LogP contribution in [0, 0.1) is 5.92 Å². The SMILES string of the molecule is CC(C)CNC(=O)C(C)N(CCN)C1CCCC1. The number of hydrogen-bond acceptors (Lipinski definition) is 3. The Labute approximate surface area is 111 Å². The van der Waals surface area contributed by atoms with Crippen LogP contribution >= 0.6 is 0 Å². The molecule has 0 aromatic heterocycles. The van der Waals surface area contributed by atoms with E-state index in [2.05, 4.69) is 24.1 Å². The molecule has 0 heterocycles. The van der Waals surface area contributed by atoms with Crippen molar-refractivity contribution in [3.63, 3.8) is 0 Å². The van der Waals surface area contributed by atoms with E-state index >= 15 is 0 Å².